The molecule has 0 spiro atoms. The van der Waals surface area contributed by atoms with Crippen molar-refractivity contribution in [3.05, 3.63) is 113 Å². The molecule has 5 rings (SSSR count). The predicted octanol–water partition coefficient (Wildman–Crippen LogP) is 5.43. The molecule has 47 heavy (non-hydrogen) atoms. The minimum atomic E-state index is -0.806. The zero-order valence-corrected chi connectivity index (χ0v) is 28.6. The quantitative estimate of drug-likeness (QED) is 0.178. The van der Waals surface area contributed by atoms with E-state index < -0.39 is 12.0 Å². The summed E-state index contributed by atoms with van der Waals surface area (Å²) in [5.74, 6) is 1.48. The highest BCUT2D eigenvalue weighted by Gasteiger charge is 2.31. The van der Waals surface area contributed by atoms with Crippen molar-refractivity contribution in [1.82, 2.24) is 4.57 Å². The third-order valence-electron chi connectivity index (χ3n) is 7.10. The van der Waals surface area contributed by atoms with E-state index in [0.29, 0.717) is 73.3 Å². The highest BCUT2D eigenvalue weighted by atomic mass is 79.9. The van der Waals surface area contributed by atoms with E-state index in [4.69, 9.17) is 28.9 Å². The number of benzene rings is 3. The van der Waals surface area contributed by atoms with Crippen molar-refractivity contribution in [2.45, 2.75) is 33.4 Å². The number of halogens is 1. The molecule has 1 aromatic heterocycles. The van der Waals surface area contributed by atoms with Crippen molar-refractivity contribution < 1.29 is 28.5 Å². The normalized spacial score (nSPS) is 13.9. The molecule has 4 aromatic rings. The number of rotatable bonds is 12. The first-order valence-corrected chi connectivity index (χ1v) is 16.5. The second kappa shape index (κ2) is 15.2. The fourth-order valence-electron chi connectivity index (χ4n) is 5.04. The third kappa shape index (κ3) is 7.26. The zero-order chi connectivity index (χ0) is 33.5. The number of carbonyl (C=O) groups is 1. The van der Waals surface area contributed by atoms with E-state index in [2.05, 4.69) is 27.0 Å². The molecule has 1 aliphatic heterocycles. The molecule has 242 valence electrons. The van der Waals surface area contributed by atoms with Crippen LogP contribution in [0.25, 0.3) is 6.08 Å². The number of hydrogen-bond donors (Lipinski definition) is 0. The Labute approximate surface area is 283 Å². The van der Waals surface area contributed by atoms with Crippen LogP contribution in [-0.4, -0.2) is 37.5 Å². The molecule has 0 saturated heterocycles. The van der Waals surface area contributed by atoms with E-state index >= 15 is 0 Å². The van der Waals surface area contributed by atoms with Gasteiger partial charge in [-0.05, 0) is 95.9 Å². The van der Waals surface area contributed by atoms with Crippen LogP contribution >= 0.6 is 27.3 Å². The summed E-state index contributed by atoms with van der Waals surface area (Å²) in [7, 11) is 1.29. The van der Waals surface area contributed by atoms with Crippen molar-refractivity contribution in [3.8, 4) is 29.1 Å². The van der Waals surface area contributed by atoms with Gasteiger partial charge >= 0.3 is 5.97 Å². The first kappa shape index (κ1) is 33.5. The van der Waals surface area contributed by atoms with Gasteiger partial charge in [-0.15, -0.1) is 0 Å². The second-order valence-corrected chi connectivity index (χ2v) is 12.0. The summed E-state index contributed by atoms with van der Waals surface area (Å²) in [6.45, 7) is 7.15. The van der Waals surface area contributed by atoms with Gasteiger partial charge in [0, 0.05) is 6.20 Å². The molecule has 1 aliphatic rings. The summed E-state index contributed by atoms with van der Waals surface area (Å²) < 4.78 is 31.2. The van der Waals surface area contributed by atoms with Gasteiger partial charge in [0.1, 0.15) is 6.61 Å². The highest BCUT2D eigenvalue weighted by Crippen LogP contribution is 2.38. The third-order valence-corrected chi connectivity index (χ3v) is 8.69. The number of esters is 1. The Morgan fingerprint density at radius 3 is 2.36 bits per heavy atom. The van der Waals surface area contributed by atoms with Crippen molar-refractivity contribution >= 4 is 39.3 Å². The van der Waals surface area contributed by atoms with Gasteiger partial charge in [-0.25, -0.2) is 9.79 Å². The minimum absolute atomic E-state index is 0.211. The van der Waals surface area contributed by atoms with Gasteiger partial charge in [0.15, 0.2) is 27.8 Å². The Morgan fingerprint density at radius 2 is 1.68 bits per heavy atom. The molecule has 1 atom stereocenters. The number of nitriles is 1. The number of fused-ring (bicyclic) bond motifs is 1. The molecular formula is C35H32BrN3O7S. The van der Waals surface area contributed by atoms with Crippen LogP contribution in [0.3, 0.4) is 0 Å². The standard InChI is InChI=1S/C35H32BrN3O7S/c1-5-43-27-13-12-24(17-28(27)44-6-2)31-25(34(41)42-4)19-38-35-39(31)33(40)30(47-35)16-23-14-26(36)32(29(15-23)45-7-3)46-20-22-10-8-21(18-37)9-11-22/h8-17,19,31H,5-7,20H2,1-4H3/b30-16+/t31-/m0/s1. The van der Waals surface area contributed by atoms with Gasteiger partial charge < -0.3 is 23.7 Å². The van der Waals surface area contributed by atoms with Crippen LogP contribution in [0, 0.1) is 11.3 Å². The molecular weight excluding hydrogens is 686 g/mol. The van der Waals surface area contributed by atoms with E-state index in [1.54, 1.807) is 42.5 Å². The van der Waals surface area contributed by atoms with Gasteiger partial charge in [0.25, 0.3) is 5.56 Å². The lowest BCUT2D eigenvalue weighted by Gasteiger charge is -2.23. The van der Waals surface area contributed by atoms with Crippen LogP contribution in [-0.2, 0) is 16.1 Å². The van der Waals surface area contributed by atoms with Crippen LogP contribution in [0.4, 0.5) is 0 Å². The van der Waals surface area contributed by atoms with Gasteiger partial charge in [-0.1, -0.05) is 29.5 Å². The monoisotopic (exact) mass is 717 g/mol. The molecule has 0 amide bonds. The fourth-order valence-corrected chi connectivity index (χ4v) is 6.59. The average molecular weight is 719 g/mol. The number of nitrogens with zero attached hydrogens (tertiary/aromatic N) is 3. The van der Waals surface area contributed by atoms with E-state index in [1.165, 1.54) is 29.2 Å². The van der Waals surface area contributed by atoms with Crippen LogP contribution < -0.4 is 33.8 Å². The number of aromatic nitrogens is 1. The first-order chi connectivity index (χ1) is 22.8. The van der Waals surface area contributed by atoms with Crippen molar-refractivity contribution in [2.75, 3.05) is 26.9 Å². The highest BCUT2D eigenvalue weighted by molar-refractivity contribution is 9.10. The number of thiazole rings is 1. The number of carbonyl (C=O) groups excluding carboxylic acids is 1. The van der Waals surface area contributed by atoms with Gasteiger partial charge in [-0.3, -0.25) is 9.36 Å². The number of ether oxygens (including phenoxy) is 5. The molecule has 10 nitrogen and oxygen atoms in total. The van der Waals surface area contributed by atoms with E-state index in [1.807, 2.05) is 39.0 Å². The molecule has 0 bridgehead atoms. The lowest BCUT2D eigenvalue weighted by molar-refractivity contribution is -0.136. The maximum Gasteiger partial charge on any atom is 0.337 e. The van der Waals surface area contributed by atoms with Crippen LogP contribution in [0.1, 0.15) is 49.1 Å². The molecule has 12 heteroatoms. The van der Waals surface area contributed by atoms with E-state index in [-0.39, 0.29) is 17.7 Å². The molecule has 0 radical (unpaired) electrons. The largest absolute Gasteiger partial charge is 0.490 e. The summed E-state index contributed by atoms with van der Waals surface area (Å²) in [5, 5.41) is 9.07. The molecule has 0 N–H and O–H groups in total. The van der Waals surface area contributed by atoms with Gasteiger partial charge in [-0.2, -0.15) is 5.26 Å². The summed E-state index contributed by atoms with van der Waals surface area (Å²) in [6.07, 6.45) is 3.20. The molecule has 0 unspecified atom stereocenters. The van der Waals surface area contributed by atoms with Crippen molar-refractivity contribution in [2.24, 2.45) is 4.99 Å². The molecule has 2 heterocycles. The maximum atomic E-state index is 14.1. The Kier molecular flexibility index (Phi) is 10.8. The molecule has 0 saturated carbocycles. The van der Waals surface area contributed by atoms with Crippen LogP contribution in [0.2, 0.25) is 0 Å². The van der Waals surface area contributed by atoms with E-state index in [9.17, 15) is 9.59 Å². The Balaban J connectivity index is 1.56. The number of methoxy groups -OCH3 is 1. The summed E-state index contributed by atoms with van der Waals surface area (Å²) >= 11 is 4.82. The number of hydrogen-bond acceptors (Lipinski definition) is 10. The maximum absolute atomic E-state index is 14.1. The summed E-state index contributed by atoms with van der Waals surface area (Å²) in [5.41, 5.74) is 2.69. The van der Waals surface area contributed by atoms with Gasteiger partial charge in [0.2, 0.25) is 0 Å². The second-order valence-electron chi connectivity index (χ2n) is 10.1. The Morgan fingerprint density at radius 1 is 0.979 bits per heavy atom. The van der Waals surface area contributed by atoms with Gasteiger partial charge in [0.05, 0.1) is 59.2 Å². The first-order valence-electron chi connectivity index (χ1n) is 14.9. The Bertz CT molecular complexity index is 2050. The lowest BCUT2D eigenvalue weighted by atomic mass is 9.97. The lowest BCUT2D eigenvalue weighted by Crippen LogP contribution is -2.39. The zero-order valence-electron chi connectivity index (χ0n) is 26.2. The predicted molar refractivity (Wildman–Crippen MR) is 181 cm³/mol. The SMILES string of the molecule is CCOc1ccc([C@H]2C(C(=O)OC)=CN=c3s/c(=C/c4cc(Br)c(OCc5ccc(C#N)cc5)c(OCC)c4)c(=O)n32)cc1OCC. The van der Waals surface area contributed by atoms with Crippen molar-refractivity contribution in [3.63, 3.8) is 0 Å². The molecule has 0 fully saturated rings. The van der Waals surface area contributed by atoms with Crippen LogP contribution in [0.15, 0.2) is 80.6 Å². The topological polar surface area (TPSA) is 121 Å². The summed E-state index contributed by atoms with van der Waals surface area (Å²) in [4.78, 5) is 31.9. The smallest absolute Gasteiger partial charge is 0.337 e. The van der Waals surface area contributed by atoms with Crippen LogP contribution in [0.5, 0.6) is 23.0 Å². The van der Waals surface area contributed by atoms with Crippen molar-refractivity contribution in [1.29, 1.82) is 5.26 Å². The minimum Gasteiger partial charge on any atom is -0.490 e. The molecule has 0 aliphatic carbocycles. The fraction of sp³-hybridized carbons (Fsp3) is 0.257. The Hall–Kier alpha value is -4.86. The average Bonchev–Trinajstić information content (AvgIpc) is 3.39. The summed E-state index contributed by atoms with van der Waals surface area (Å²) in [6, 6.07) is 17.5. The molecule has 3 aromatic carbocycles. The van der Waals surface area contributed by atoms with E-state index in [0.717, 1.165) is 5.56 Å².